The van der Waals surface area contributed by atoms with Gasteiger partial charge in [0.2, 0.25) is 0 Å². The lowest BCUT2D eigenvalue weighted by molar-refractivity contribution is -0.137. The molecule has 0 saturated carbocycles. The summed E-state index contributed by atoms with van der Waals surface area (Å²) >= 11 is 3.55. The Balaban J connectivity index is 1.89. The van der Waals surface area contributed by atoms with Gasteiger partial charge < -0.3 is 10.1 Å². The van der Waals surface area contributed by atoms with Crippen molar-refractivity contribution in [3.8, 4) is 0 Å². The summed E-state index contributed by atoms with van der Waals surface area (Å²) in [5, 5.41) is 10.4. The number of carboxylic acids is 1. The Hall–Kier alpha value is -2.80. The van der Waals surface area contributed by atoms with Gasteiger partial charge in [-0.05, 0) is 42.3 Å². The fraction of sp³-hybridized carbons (Fsp3) is 0.273. The Labute approximate surface area is 175 Å². The van der Waals surface area contributed by atoms with Crippen LogP contribution in [-0.4, -0.2) is 25.2 Å². The van der Waals surface area contributed by atoms with Crippen molar-refractivity contribution in [1.82, 2.24) is 14.1 Å². The molecule has 0 aliphatic carbocycles. The molecule has 2 N–H and O–H groups in total. The second-order valence-corrected chi connectivity index (χ2v) is 8.19. The molecule has 150 valence electrons. The molecule has 0 spiro atoms. The topological polar surface area (TPSA) is 80.0 Å². The van der Waals surface area contributed by atoms with Gasteiger partial charge in [-0.2, -0.15) is 0 Å². The molecule has 2 heterocycles. The van der Waals surface area contributed by atoms with E-state index in [2.05, 4.69) is 20.9 Å². The van der Waals surface area contributed by atoms with Crippen molar-refractivity contribution in [3.63, 3.8) is 0 Å². The van der Waals surface area contributed by atoms with Crippen LogP contribution < -0.4 is 5.69 Å². The van der Waals surface area contributed by atoms with Crippen molar-refractivity contribution in [2.75, 3.05) is 0 Å². The number of imidazole rings is 1. The number of hydrogen-bond acceptors (Lipinski definition) is 2. The SMILES string of the molecule is CCCC(CC(=O)O)n1c(=O)n(Cc2cc(Br)cc3[nH]ccc23)c2ccccc21. The molecule has 0 bridgehead atoms. The number of halogens is 1. The highest BCUT2D eigenvalue weighted by Gasteiger charge is 2.22. The lowest BCUT2D eigenvalue weighted by Gasteiger charge is -2.16. The fourth-order valence-corrected chi connectivity index (χ4v) is 4.61. The number of H-pyrrole nitrogens is 1. The molecular formula is C22H22BrN3O3. The summed E-state index contributed by atoms with van der Waals surface area (Å²) in [6.45, 7) is 2.41. The first-order chi connectivity index (χ1) is 14.0. The van der Waals surface area contributed by atoms with E-state index in [0.29, 0.717) is 13.0 Å². The maximum absolute atomic E-state index is 13.5. The van der Waals surface area contributed by atoms with Crippen LogP contribution in [0.15, 0.2) is 57.9 Å². The number of rotatable bonds is 7. The van der Waals surface area contributed by atoms with E-state index in [1.165, 1.54) is 0 Å². The summed E-state index contributed by atoms with van der Waals surface area (Å²) in [7, 11) is 0. The Bertz CT molecular complexity index is 1250. The Morgan fingerprint density at radius 3 is 2.69 bits per heavy atom. The minimum absolute atomic E-state index is 0.0688. The second kappa shape index (κ2) is 7.91. The molecule has 7 heteroatoms. The van der Waals surface area contributed by atoms with E-state index in [-0.39, 0.29) is 18.2 Å². The number of carboxylic acid groups (broad SMARTS) is 1. The van der Waals surface area contributed by atoms with E-state index in [1.54, 1.807) is 9.13 Å². The van der Waals surface area contributed by atoms with Gasteiger partial charge in [0, 0.05) is 27.6 Å². The number of aromatic amines is 1. The molecule has 4 aromatic rings. The number of nitrogens with zero attached hydrogens (tertiary/aromatic N) is 2. The van der Waals surface area contributed by atoms with Crippen LogP contribution in [0.3, 0.4) is 0 Å². The van der Waals surface area contributed by atoms with E-state index < -0.39 is 5.97 Å². The Morgan fingerprint density at radius 2 is 1.97 bits per heavy atom. The Kier molecular flexibility index (Phi) is 5.32. The molecule has 1 atom stereocenters. The lowest BCUT2D eigenvalue weighted by atomic mass is 10.1. The maximum atomic E-state index is 13.5. The Morgan fingerprint density at radius 1 is 1.21 bits per heavy atom. The van der Waals surface area contributed by atoms with Crippen LogP contribution in [0.1, 0.15) is 37.8 Å². The summed E-state index contributed by atoms with van der Waals surface area (Å²) in [6, 6.07) is 13.3. The number of para-hydroxylation sites is 2. The lowest BCUT2D eigenvalue weighted by Crippen LogP contribution is -2.29. The van der Waals surface area contributed by atoms with Crippen LogP contribution in [0.4, 0.5) is 0 Å². The van der Waals surface area contributed by atoms with Crippen molar-refractivity contribution < 1.29 is 9.90 Å². The average Bonchev–Trinajstić information content (AvgIpc) is 3.24. The highest BCUT2D eigenvalue weighted by Crippen LogP contribution is 2.27. The van der Waals surface area contributed by atoms with E-state index in [4.69, 9.17) is 0 Å². The summed E-state index contributed by atoms with van der Waals surface area (Å²) in [4.78, 5) is 28.1. The molecule has 1 unspecified atom stereocenters. The molecule has 0 aliphatic heterocycles. The molecule has 0 fully saturated rings. The molecule has 0 radical (unpaired) electrons. The van der Waals surface area contributed by atoms with Gasteiger partial charge in [0.15, 0.2) is 0 Å². The second-order valence-electron chi connectivity index (χ2n) is 7.27. The molecule has 29 heavy (non-hydrogen) atoms. The first kappa shape index (κ1) is 19.5. The zero-order chi connectivity index (χ0) is 20.5. The van der Waals surface area contributed by atoms with Crippen LogP contribution in [0.2, 0.25) is 0 Å². The van der Waals surface area contributed by atoms with Gasteiger partial charge in [-0.3, -0.25) is 13.9 Å². The van der Waals surface area contributed by atoms with Gasteiger partial charge in [0.25, 0.3) is 0 Å². The van der Waals surface area contributed by atoms with Gasteiger partial charge in [-0.25, -0.2) is 4.79 Å². The van der Waals surface area contributed by atoms with Crippen LogP contribution in [0, 0.1) is 0 Å². The number of carbonyl (C=O) groups is 1. The smallest absolute Gasteiger partial charge is 0.329 e. The highest BCUT2D eigenvalue weighted by atomic mass is 79.9. The van der Waals surface area contributed by atoms with Gasteiger partial charge in [0.1, 0.15) is 0 Å². The van der Waals surface area contributed by atoms with Gasteiger partial charge >= 0.3 is 11.7 Å². The predicted octanol–water partition coefficient (Wildman–Crippen LogP) is 4.91. The molecule has 0 saturated heterocycles. The third kappa shape index (κ3) is 3.62. The maximum Gasteiger partial charge on any atom is 0.329 e. The van der Waals surface area contributed by atoms with Crippen molar-refractivity contribution in [2.45, 2.75) is 38.8 Å². The molecule has 0 aliphatic rings. The standard InChI is InChI=1S/C22H22BrN3O3/c1-2-5-16(12-21(27)28)26-20-7-4-3-6-19(20)25(22(26)29)13-14-10-15(23)11-18-17(14)8-9-24-18/h3-4,6-11,16,24H,2,5,12-13H2,1H3,(H,27,28). The van der Waals surface area contributed by atoms with Gasteiger partial charge in [0.05, 0.1) is 24.0 Å². The van der Waals surface area contributed by atoms with Gasteiger partial charge in [-0.1, -0.05) is 41.4 Å². The molecule has 0 amide bonds. The summed E-state index contributed by atoms with van der Waals surface area (Å²) in [5.41, 5.74) is 3.44. The largest absolute Gasteiger partial charge is 0.481 e. The van der Waals surface area contributed by atoms with Crippen molar-refractivity contribution in [1.29, 1.82) is 0 Å². The van der Waals surface area contributed by atoms with Crippen LogP contribution in [-0.2, 0) is 11.3 Å². The number of hydrogen-bond donors (Lipinski definition) is 2. The predicted molar refractivity (Wildman–Crippen MR) is 117 cm³/mol. The van der Waals surface area contributed by atoms with E-state index in [9.17, 15) is 14.7 Å². The molecule has 2 aromatic heterocycles. The first-order valence-electron chi connectivity index (χ1n) is 9.66. The minimum atomic E-state index is -0.895. The number of aliphatic carboxylic acids is 1. The minimum Gasteiger partial charge on any atom is -0.481 e. The summed E-state index contributed by atoms with van der Waals surface area (Å²) in [6.07, 6.45) is 3.26. The highest BCUT2D eigenvalue weighted by molar-refractivity contribution is 9.10. The molecule has 4 rings (SSSR count). The van der Waals surface area contributed by atoms with Crippen LogP contribution in [0.25, 0.3) is 21.9 Å². The first-order valence-corrected chi connectivity index (χ1v) is 10.5. The zero-order valence-electron chi connectivity index (χ0n) is 16.1. The average molecular weight is 456 g/mol. The zero-order valence-corrected chi connectivity index (χ0v) is 17.6. The number of fused-ring (bicyclic) bond motifs is 2. The third-order valence-corrected chi connectivity index (χ3v) is 5.77. The van der Waals surface area contributed by atoms with Gasteiger partial charge in [-0.15, -0.1) is 0 Å². The number of aromatic nitrogens is 3. The number of nitrogens with one attached hydrogen (secondary N) is 1. The van der Waals surface area contributed by atoms with Crippen LogP contribution >= 0.6 is 15.9 Å². The van der Waals surface area contributed by atoms with E-state index >= 15 is 0 Å². The molecular weight excluding hydrogens is 434 g/mol. The molecule has 2 aromatic carbocycles. The quantitative estimate of drug-likeness (QED) is 0.415. The van der Waals surface area contributed by atoms with Crippen molar-refractivity contribution in [2.24, 2.45) is 0 Å². The summed E-state index contributed by atoms with van der Waals surface area (Å²) < 4.78 is 4.35. The summed E-state index contributed by atoms with van der Waals surface area (Å²) in [5.74, 6) is -0.895. The molecule has 6 nitrogen and oxygen atoms in total. The van der Waals surface area contributed by atoms with Crippen molar-refractivity contribution >= 4 is 43.8 Å². The van der Waals surface area contributed by atoms with E-state index in [0.717, 1.165) is 38.4 Å². The monoisotopic (exact) mass is 455 g/mol. The fourth-order valence-electron chi connectivity index (χ4n) is 4.10. The van der Waals surface area contributed by atoms with Crippen LogP contribution in [0.5, 0.6) is 0 Å². The number of benzene rings is 2. The van der Waals surface area contributed by atoms with Crippen molar-refractivity contribution in [3.05, 3.63) is 69.2 Å². The van der Waals surface area contributed by atoms with E-state index in [1.807, 2.05) is 55.6 Å². The normalized spacial score (nSPS) is 12.6. The third-order valence-electron chi connectivity index (χ3n) is 5.31.